The molecule has 3 nitrogen and oxygen atoms in total. The molecule has 0 spiro atoms. The van der Waals surface area contributed by atoms with Crippen LogP contribution in [0, 0.1) is 5.92 Å². The lowest BCUT2D eigenvalue weighted by molar-refractivity contribution is 0.516. The third kappa shape index (κ3) is 3.38. The van der Waals surface area contributed by atoms with Crippen LogP contribution in [0.2, 0.25) is 5.02 Å². The highest BCUT2D eigenvalue weighted by atomic mass is 79.9. The Hall–Kier alpha value is -0.390. The van der Waals surface area contributed by atoms with Crippen molar-refractivity contribution in [3.05, 3.63) is 33.5 Å². The minimum absolute atomic E-state index is 0.526. The average Bonchev–Trinajstić information content (AvgIpc) is 2.75. The Kier molecular flexibility index (Phi) is 5.03. The standard InChI is InChI=1S/C13H14Br2ClN3/c1-8(2)7-19-12(6-14)17-18-13(19)9-3-4-10(15)11(16)5-9/h3-5,8H,6-7H2,1-2H3. The average molecular weight is 408 g/mol. The molecule has 1 aromatic carbocycles. The van der Waals surface area contributed by atoms with Gasteiger partial charge in [-0.15, -0.1) is 10.2 Å². The number of alkyl halides is 1. The Morgan fingerprint density at radius 1 is 1.32 bits per heavy atom. The van der Waals surface area contributed by atoms with E-state index < -0.39 is 0 Å². The van der Waals surface area contributed by atoms with E-state index in [1.165, 1.54) is 0 Å². The Bertz CT molecular complexity index is 581. The van der Waals surface area contributed by atoms with Gasteiger partial charge in [-0.2, -0.15) is 0 Å². The number of halogens is 3. The molecule has 2 rings (SSSR count). The van der Waals surface area contributed by atoms with Gasteiger partial charge in [-0.1, -0.05) is 41.4 Å². The molecule has 0 aliphatic heterocycles. The lowest BCUT2D eigenvalue weighted by Gasteiger charge is -2.12. The van der Waals surface area contributed by atoms with Crippen LogP contribution in [-0.2, 0) is 11.9 Å². The van der Waals surface area contributed by atoms with E-state index >= 15 is 0 Å². The molecule has 0 N–H and O–H groups in total. The van der Waals surface area contributed by atoms with Gasteiger partial charge < -0.3 is 4.57 Å². The summed E-state index contributed by atoms with van der Waals surface area (Å²) in [5.41, 5.74) is 0.980. The third-order valence-corrected chi connectivity index (χ3v) is 4.41. The molecule has 0 aliphatic rings. The minimum Gasteiger partial charge on any atom is -0.310 e. The maximum Gasteiger partial charge on any atom is 0.164 e. The van der Waals surface area contributed by atoms with Crippen molar-refractivity contribution in [2.75, 3.05) is 0 Å². The first-order valence-corrected chi connectivity index (χ1v) is 8.25. The highest BCUT2D eigenvalue weighted by Crippen LogP contribution is 2.28. The molecular weight excluding hydrogens is 393 g/mol. The van der Waals surface area contributed by atoms with Gasteiger partial charge in [-0.3, -0.25) is 0 Å². The summed E-state index contributed by atoms with van der Waals surface area (Å²) in [7, 11) is 0. The predicted octanol–water partition coefficient (Wildman–Crippen LogP) is 4.91. The maximum atomic E-state index is 6.15. The van der Waals surface area contributed by atoms with Gasteiger partial charge >= 0.3 is 0 Å². The highest BCUT2D eigenvalue weighted by molar-refractivity contribution is 9.10. The molecule has 1 heterocycles. The van der Waals surface area contributed by atoms with E-state index in [1.54, 1.807) is 0 Å². The van der Waals surface area contributed by atoms with Gasteiger partial charge in [0.1, 0.15) is 5.82 Å². The van der Waals surface area contributed by atoms with Crippen LogP contribution in [0.3, 0.4) is 0 Å². The van der Waals surface area contributed by atoms with Crippen molar-refractivity contribution in [3.8, 4) is 11.4 Å². The van der Waals surface area contributed by atoms with E-state index in [1.807, 2.05) is 18.2 Å². The molecule has 2 aromatic rings. The molecule has 19 heavy (non-hydrogen) atoms. The van der Waals surface area contributed by atoms with E-state index in [0.717, 1.165) is 28.2 Å². The fraction of sp³-hybridized carbons (Fsp3) is 0.385. The van der Waals surface area contributed by atoms with Crippen molar-refractivity contribution in [2.24, 2.45) is 5.92 Å². The van der Waals surface area contributed by atoms with Gasteiger partial charge in [0, 0.05) is 16.6 Å². The second kappa shape index (κ2) is 6.37. The van der Waals surface area contributed by atoms with Crippen LogP contribution in [0.15, 0.2) is 22.7 Å². The zero-order valence-corrected chi connectivity index (χ0v) is 14.6. The van der Waals surface area contributed by atoms with Crippen LogP contribution in [0.4, 0.5) is 0 Å². The molecule has 0 bridgehead atoms. The summed E-state index contributed by atoms with van der Waals surface area (Å²) >= 11 is 13.0. The Morgan fingerprint density at radius 3 is 2.63 bits per heavy atom. The summed E-state index contributed by atoms with van der Waals surface area (Å²) in [5.74, 6) is 2.32. The molecule has 0 amide bonds. The van der Waals surface area contributed by atoms with E-state index in [2.05, 4.69) is 60.5 Å². The van der Waals surface area contributed by atoms with Gasteiger partial charge in [0.05, 0.1) is 10.4 Å². The maximum absolute atomic E-state index is 6.15. The Morgan fingerprint density at radius 2 is 2.05 bits per heavy atom. The summed E-state index contributed by atoms with van der Waals surface area (Å²) in [4.78, 5) is 0. The number of hydrogen-bond acceptors (Lipinski definition) is 2. The van der Waals surface area contributed by atoms with Gasteiger partial charge in [0.15, 0.2) is 5.82 Å². The lowest BCUT2D eigenvalue weighted by Crippen LogP contribution is -2.09. The smallest absolute Gasteiger partial charge is 0.164 e. The highest BCUT2D eigenvalue weighted by Gasteiger charge is 2.14. The monoisotopic (exact) mass is 405 g/mol. The molecule has 0 fully saturated rings. The van der Waals surface area contributed by atoms with Crippen LogP contribution in [0.1, 0.15) is 19.7 Å². The number of hydrogen-bond donors (Lipinski definition) is 0. The zero-order valence-electron chi connectivity index (χ0n) is 10.7. The third-order valence-electron chi connectivity index (χ3n) is 2.67. The fourth-order valence-corrected chi connectivity index (χ4v) is 2.68. The molecule has 0 unspecified atom stereocenters. The number of rotatable bonds is 4. The van der Waals surface area contributed by atoms with Crippen molar-refractivity contribution >= 4 is 43.5 Å². The van der Waals surface area contributed by atoms with E-state index in [0.29, 0.717) is 16.3 Å². The first-order chi connectivity index (χ1) is 9.02. The fourth-order valence-electron chi connectivity index (χ4n) is 1.84. The minimum atomic E-state index is 0.526. The predicted molar refractivity (Wildman–Crippen MR) is 85.6 cm³/mol. The number of benzene rings is 1. The van der Waals surface area contributed by atoms with Crippen molar-refractivity contribution in [3.63, 3.8) is 0 Å². The lowest BCUT2D eigenvalue weighted by atomic mass is 10.2. The van der Waals surface area contributed by atoms with Crippen molar-refractivity contribution in [1.29, 1.82) is 0 Å². The van der Waals surface area contributed by atoms with Crippen molar-refractivity contribution in [2.45, 2.75) is 25.7 Å². The van der Waals surface area contributed by atoms with Crippen molar-refractivity contribution in [1.82, 2.24) is 14.8 Å². The summed E-state index contributed by atoms with van der Waals surface area (Å²) in [6.07, 6.45) is 0. The quantitative estimate of drug-likeness (QED) is 0.674. The number of aromatic nitrogens is 3. The summed E-state index contributed by atoms with van der Waals surface area (Å²) in [6, 6.07) is 5.83. The van der Waals surface area contributed by atoms with Gasteiger partial charge in [0.25, 0.3) is 0 Å². The second-order valence-electron chi connectivity index (χ2n) is 4.71. The van der Waals surface area contributed by atoms with Crippen LogP contribution >= 0.6 is 43.5 Å². The Labute approximate surface area is 134 Å². The zero-order chi connectivity index (χ0) is 14.0. The molecule has 102 valence electrons. The summed E-state index contributed by atoms with van der Waals surface area (Å²) in [6.45, 7) is 5.24. The SMILES string of the molecule is CC(C)Cn1c(CBr)nnc1-c1ccc(Br)c(Cl)c1. The Balaban J connectivity index is 2.48. The summed E-state index contributed by atoms with van der Waals surface area (Å²) in [5, 5.41) is 9.89. The normalized spacial score (nSPS) is 11.3. The molecule has 0 aliphatic carbocycles. The largest absolute Gasteiger partial charge is 0.310 e. The van der Waals surface area contributed by atoms with E-state index in [9.17, 15) is 0 Å². The molecule has 1 aromatic heterocycles. The van der Waals surface area contributed by atoms with Gasteiger partial charge in [-0.25, -0.2) is 0 Å². The van der Waals surface area contributed by atoms with Crippen LogP contribution in [0.5, 0.6) is 0 Å². The molecule has 6 heteroatoms. The van der Waals surface area contributed by atoms with Crippen LogP contribution < -0.4 is 0 Å². The van der Waals surface area contributed by atoms with Gasteiger partial charge in [0.2, 0.25) is 0 Å². The first-order valence-electron chi connectivity index (χ1n) is 5.96. The van der Waals surface area contributed by atoms with E-state index in [-0.39, 0.29) is 0 Å². The molecule has 0 radical (unpaired) electrons. The molecule has 0 saturated heterocycles. The first kappa shape index (κ1) is 15.0. The second-order valence-corrected chi connectivity index (χ2v) is 6.53. The molecule has 0 atom stereocenters. The van der Waals surface area contributed by atoms with Crippen LogP contribution in [0.25, 0.3) is 11.4 Å². The number of nitrogens with zero attached hydrogens (tertiary/aromatic N) is 3. The summed E-state index contributed by atoms with van der Waals surface area (Å²) < 4.78 is 3.02. The van der Waals surface area contributed by atoms with E-state index in [4.69, 9.17) is 11.6 Å². The van der Waals surface area contributed by atoms with Crippen LogP contribution in [-0.4, -0.2) is 14.8 Å². The van der Waals surface area contributed by atoms with Gasteiger partial charge in [-0.05, 0) is 40.0 Å². The topological polar surface area (TPSA) is 30.7 Å². The van der Waals surface area contributed by atoms with Crippen molar-refractivity contribution < 1.29 is 0 Å². The molecular formula is C13H14Br2ClN3. The molecule has 0 saturated carbocycles.